The molecule has 0 saturated heterocycles. The van der Waals surface area contributed by atoms with Gasteiger partial charge in [0.05, 0.1) is 38.1 Å². The molecule has 0 radical (unpaired) electrons. The molecule has 0 atom stereocenters. The average Bonchev–Trinajstić information content (AvgIpc) is 3.17. The zero-order chi connectivity index (χ0) is 18.7. The number of nitrogens with zero attached hydrogens (tertiary/aromatic N) is 4. The van der Waals surface area contributed by atoms with Crippen molar-refractivity contribution in [2.24, 2.45) is 0 Å². The van der Waals surface area contributed by atoms with Gasteiger partial charge in [0.25, 0.3) is 5.69 Å². The van der Waals surface area contributed by atoms with E-state index in [1.165, 1.54) is 33.5 Å². The van der Waals surface area contributed by atoms with Crippen LogP contribution in [-0.4, -0.2) is 41.2 Å². The van der Waals surface area contributed by atoms with Crippen LogP contribution in [0.2, 0.25) is 0 Å². The minimum Gasteiger partial charge on any atom is -0.493 e. The van der Waals surface area contributed by atoms with E-state index in [-0.39, 0.29) is 5.69 Å². The zero-order valence-corrected chi connectivity index (χ0v) is 14.4. The topological polar surface area (TPSA) is 102 Å². The van der Waals surface area contributed by atoms with Gasteiger partial charge in [0, 0.05) is 29.8 Å². The van der Waals surface area contributed by atoms with Crippen LogP contribution >= 0.6 is 0 Å². The Labute approximate surface area is 148 Å². The van der Waals surface area contributed by atoms with Crippen LogP contribution in [0.25, 0.3) is 16.9 Å². The molecule has 0 aliphatic carbocycles. The van der Waals surface area contributed by atoms with E-state index in [1.54, 1.807) is 35.1 Å². The Kier molecular flexibility index (Phi) is 4.70. The number of hydrogen-bond donors (Lipinski definition) is 0. The molecule has 0 unspecified atom stereocenters. The molecule has 1 aromatic heterocycles. The van der Waals surface area contributed by atoms with Crippen LogP contribution < -0.4 is 14.2 Å². The third kappa shape index (κ3) is 3.14. The SMILES string of the molecule is COc1cc(-n2cc(-c3ccc([N+](=O)[O-])cc3)nn2)cc(OC)c1OC. The van der Waals surface area contributed by atoms with Crippen LogP contribution in [0.5, 0.6) is 17.2 Å². The molecule has 0 aliphatic heterocycles. The maximum atomic E-state index is 10.8. The van der Waals surface area contributed by atoms with E-state index in [0.29, 0.717) is 34.2 Å². The Balaban J connectivity index is 1.98. The highest BCUT2D eigenvalue weighted by molar-refractivity contribution is 5.62. The van der Waals surface area contributed by atoms with Crippen molar-refractivity contribution >= 4 is 5.69 Å². The van der Waals surface area contributed by atoms with E-state index in [1.807, 2.05) is 0 Å². The number of benzene rings is 2. The first-order chi connectivity index (χ1) is 12.6. The lowest BCUT2D eigenvalue weighted by molar-refractivity contribution is -0.384. The van der Waals surface area contributed by atoms with E-state index >= 15 is 0 Å². The monoisotopic (exact) mass is 356 g/mol. The summed E-state index contributed by atoms with van der Waals surface area (Å²) in [7, 11) is 4.59. The fourth-order valence-electron chi connectivity index (χ4n) is 2.48. The zero-order valence-electron chi connectivity index (χ0n) is 14.4. The summed E-state index contributed by atoms with van der Waals surface area (Å²) in [5.41, 5.74) is 1.98. The Morgan fingerprint density at radius 2 is 1.62 bits per heavy atom. The molecule has 0 spiro atoms. The molecule has 3 rings (SSSR count). The summed E-state index contributed by atoms with van der Waals surface area (Å²) >= 11 is 0. The lowest BCUT2D eigenvalue weighted by Gasteiger charge is -2.13. The maximum Gasteiger partial charge on any atom is 0.269 e. The van der Waals surface area contributed by atoms with Gasteiger partial charge in [-0.1, -0.05) is 5.21 Å². The number of aromatic nitrogens is 3. The molecular formula is C17H16N4O5. The standard InChI is InChI=1S/C17H16N4O5/c1-24-15-8-13(9-16(25-2)17(15)26-3)20-10-14(18-19-20)11-4-6-12(7-5-11)21(22)23/h4-10H,1-3H3. The summed E-state index contributed by atoms with van der Waals surface area (Å²) in [6.07, 6.45) is 1.71. The lowest BCUT2D eigenvalue weighted by Crippen LogP contribution is -2.00. The Morgan fingerprint density at radius 1 is 1.00 bits per heavy atom. The van der Waals surface area contributed by atoms with Gasteiger partial charge in [-0.05, 0) is 12.1 Å². The molecular weight excluding hydrogens is 340 g/mol. The molecule has 0 fully saturated rings. The molecule has 0 bridgehead atoms. The Bertz CT molecular complexity index is 912. The number of methoxy groups -OCH3 is 3. The number of rotatable bonds is 6. The maximum absolute atomic E-state index is 10.8. The molecule has 0 saturated carbocycles. The van der Waals surface area contributed by atoms with Crippen LogP contribution in [0, 0.1) is 10.1 Å². The Hall–Kier alpha value is -3.62. The van der Waals surface area contributed by atoms with Gasteiger partial charge in [-0.25, -0.2) is 4.68 Å². The van der Waals surface area contributed by atoms with Crippen molar-refractivity contribution in [1.29, 1.82) is 0 Å². The van der Waals surface area contributed by atoms with Gasteiger partial charge in [0.15, 0.2) is 11.5 Å². The predicted octanol–water partition coefficient (Wildman–Crippen LogP) is 2.87. The largest absolute Gasteiger partial charge is 0.493 e. The fourth-order valence-corrected chi connectivity index (χ4v) is 2.48. The highest BCUT2D eigenvalue weighted by Gasteiger charge is 2.15. The van der Waals surface area contributed by atoms with Crippen molar-refractivity contribution < 1.29 is 19.1 Å². The molecule has 0 N–H and O–H groups in total. The van der Waals surface area contributed by atoms with Gasteiger partial charge in [-0.15, -0.1) is 5.10 Å². The number of ether oxygens (including phenoxy) is 3. The van der Waals surface area contributed by atoms with E-state index in [9.17, 15) is 10.1 Å². The van der Waals surface area contributed by atoms with E-state index in [0.717, 1.165) is 0 Å². The summed E-state index contributed by atoms with van der Waals surface area (Å²) in [5.74, 6) is 1.47. The summed E-state index contributed by atoms with van der Waals surface area (Å²) in [5, 5.41) is 19.0. The minimum absolute atomic E-state index is 0.0192. The molecule has 2 aromatic carbocycles. The first kappa shape index (κ1) is 17.2. The number of nitro groups is 1. The van der Waals surface area contributed by atoms with E-state index in [4.69, 9.17) is 14.2 Å². The van der Waals surface area contributed by atoms with Gasteiger partial charge in [0.1, 0.15) is 5.69 Å². The van der Waals surface area contributed by atoms with Crippen LogP contribution in [0.1, 0.15) is 0 Å². The molecule has 26 heavy (non-hydrogen) atoms. The normalized spacial score (nSPS) is 10.4. The van der Waals surface area contributed by atoms with Crippen molar-refractivity contribution in [1.82, 2.24) is 15.0 Å². The highest BCUT2D eigenvalue weighted by atomic mass is 16.6. The van der Waals surface area contributed by atoms with Gasteiger partial charge in [-0.3, -0.25) is 10.1 Å². The second-order valence-electron chi connectivity index (χ2n) is 5.24. The van der Waals surface area contributed by atoms with Crippen LogP contribution in [-0.2, 0) is 0 Å². The summed E-state index contributed by atoms with van der Waals surface area (Å²) in [6.45, 7) is 0. The summed E-state index contributed by atoms with van der Waals surface area (Å²) in [4.78, 5) is 10.3. The minimum atomic E-state index is -0.448. The van der Waals surface area contributed by atoms with Crippen LogP contribution in [0.15, 0.2) is 42.6 Å². The lowest BCUT2D eigenvalue weighted by atomic mass is 10.1. The van der Waals surface area contributed by atoms with E-state index in [2.05, 4.69) is 10.3 Å². The molecule has 9 nitrogen and oxygen atoms in total. The summed E-state index contributed by atoms with van der Waals surface area (Å²) in [6, 6.07) is 9.59. The molecule has 134 valence electrons. The molecule has 0 aliphatic rings. The van der Waals surface area contributed by atoms with Crippen molar-refractivity contribution in [2.75, 3.05) is 21.3 Å². The van der Waals surface area contributed by atoms with Gasteiger partial charge in [0.2, 0.25) is 5.75 Å². The van der Waals surface area contributed by atoms with Crippen molar-refractivity contribution in [3.63, 3.8) is 0 Å². The van der Waals surface area contributed by atoms with E-state index < -0.39 is 4.92 Å². The highest BCUT2D eigenvalue weighted by Crippen LogP contribution is 2.39. The van der Waals surface area contributed by atoms with Gasteiger partial charge < -0.3 is 14.2 Å². The molecule has 3 aromatic rings. The average molecular weight is 356 g/mol. The molecule has 9 heteroatoms. The first-order valence-electron chi connectivity index (χ1n) is 7.55. The predicted molar refractivity (Wildman–Crippen MR) is 93.1 cm³/mol. The number of nitro benzene ring substituents is 1. The van der Waals surface area contributed by atoms with Crippen molar-refractivity contribution in [3.8, 4) is 34.2 Å². The third-order valence-electron chi connectivity index (χ3n) is 3.78. The Morgan fingerprint density at radius 3 is 2.12 bits per heavy atom. The molecule has 1 heterocycles. The smallest absolute Gasteiger partial charge is 0.269 e. The van der Waals surface area contributed by atoms with Gasteiger partial charge in [-0.2, -0.15) is 0 Å². The second kappa shape index (κ2) is 7.09. The van der Waals surface area contributed by atoms with Crippen LogP contribution in [0.4, 0.5) is 5.69 Å². The summed E-state index contributed by atoms with van der Waals surface area (Å²) < 4.78 is 17.5. The van der Waals surface area contributed by atoms with Crippen molar-refractivity contribution in [3.05, 3.63) is 52.7 Å². The fraction of sp³-hybridized carbons (Fsp3) is 0.176. The third-order valence-corrected chi connectivity index (χ3v) is 3.78. The molecule has 0 amide bonds. The quantitative estimate of drug-likeness (QED) is 0.494. The number of hydrogen-bond acceptors (Lipinski definition) is 7. The second-order valence-corrected chi connectivity index (χ2v) is 5.24. The first-order valence-corrected chi connectivity index (χ1v) is 7.55. The van der Waals surface area contributed by atoms with Gasteiger partial charge >= 0.3 is 0 Å². The number of non-ortho nitro benzene ring substituents is 1. The van der Waals surface area contributed by atoms with Crippen LogP contribution in [0.3, 0.4) is 0 Å². The van der Waals surface area contributed by atoms with Crippen molar-refractivity contribution in [2.45, 2.75) is 0 Å².